The first kappa shape index (κ1) is 21.1. The highest BCUT2D eigenvalue weighted by Gasteiger charge is 2.37. The zero-order chi connectivity index (χ0) is 21.6. The standard InChI is InChI=1S/C21H27NO7/c1-20(2,3)22-9-17(24)27-10-11-6-13(23)18-15(28-11)8-14-12(19(18)25)7-16(29-14)21(4,5)26/h6,8,16,22,25-26H,7,9-10H2,1-5H3. The number of aliphatic hydroxyl groups is 1. The molecule has 1 aromatic carbocycles. The molecule has 0 saturated heterocycles. The highest BCUT2D eigenvalue weighted by atomic mass is 16.5. The van der Waals surface area contributed by atoms with Crippen molar-refractivity contribution in [3.63, 3.8) is 0 Å². The average molecular weight is 405 g/mol. The molecule has 0 spiro atoms. The van der Waals surface area contributed by atoms with Gasteiger partial charge in [-0.2, -0.15) is 0 Å². The van der Waals surface area contributed by atoms with Crippen LogP contribution in [0.5, 0.6) is 11.5 Å². The summed E-state index contributed by atoms with van der Waals surface area (Å²) in [4.78, 5) is 24.4. The Balaban J connectivity index is 1.83. The second-order valence-electron chi connectivity index (χ2n) is 8.88. The molecule has 0 amide bonds. The number of ether oxygens (including phenoxy) is 2. The maximum atomic E-state index is 12.5. The summed E-state index contributed by atoms with van der Waals surface area (Å²) in [6, 6.07) is 2.71. The minimum Gasteiger partial charge on any atom is -0.507 e. The van der Waals surface area contributed by atoms with Crippen molar-refractivity contribution in [2.75, 3.05) is 6.54 Å². The van der Waals surface area contributed by atoms with Gasteiger partial charge in [0.05, 0.1) is 12.1 Å². The fourth-order valence-electron chi connectivity index (χ4n) is 3.06. The van der Waals surface area contributed by atoms with Gasteiger partial charge in [0.2, 0.25) is 0 Å². The Kier molecular flexibility index (Phi) is 5.36. The molecule has 3 rings (SSSR count). The number of phenolic OH excluding ortho intramolecular Hbond substituents is 1. The lowest BCUT2D eigenvalue weighted by atomic mass is 9.96. The minimum absolute atomic E-state index is 0.0295. The van der Waals surface area contributed by atoms with Gasteiger partial charge in [-0.15, -0.1) is 0 Å². The number of esters is 1. The van der Waals surface area contributed by atoms with Gasteiger partial charge in [0.1, 0.15) is 40.9 Å². The third kappa shape index (κ3) is 4.71. The summed E-state index contributed by atoms with van der Waals surface area (Å²) in [5, 5.41) is 23.8. The number of hydrogen-bond acceptors (Lipinski definition) is 8. The van der Waals surface area contributed by atoms with Crippen molar-refractivity contribution in [1.29, 1.82) is 0 Å². The number of rotatable bonds is 5. The second kappa shape index (κ2) is 7.35. The normalized spacial score (nSPS) is 16.6. The summed E-state index contributed by atoms with van der Waals surface area (Å²) in [6.07, 6.45) is -0.272. The Hall–Kier alpha value is -2.58. The van der Waals surface area contributed by atoms with Crippen LogP contribution in [-0.2, 0) is 22.6 Å². The van der Waals surface area contributed by atoms with E-state index in [0.29, 0.717) is 11.3 Å². The molecule has 8 heteroatoms. The van der Waals surface area contributed by atoms with E-state index in [1.807, 2.05) is 20.8 Å². The molecule has 158 valence electrons. The minimum atomic E-state index is -1.12. The van der Waals surface area contributed by atoms with Crippen LogP contribution in [0.1, 0.15) is 45.9 Å². The number of aromatic hydroxyl groups is 1. The molecule has 1 unspecified atom stereocenters. The van der Waals surface area contributed by atoms with Crippen LogP contribution in [0.25, 0.3) is 11.0 Å². The van der Waals surface area contributed by atoms with Crippen molar-refractivity contribution in [3.8, 4) is 11.5 Å². The molecule has 3 N–H and O–H groups in total. The van der Waals surface area contributed by atoms with Crippen LogP contribution < -0.4 is 15.5 Å². The summed E-state index contributed by atoms with van der Waals surface area (Å²) in [6.45, 7) is 8.84. The van der Waals surface area contributed by atoms with Gasteiger partial charge in [-0.25, -0.2) is 0 Å². The Morgan fingerprint density at radius 1 is 1.28 bits per heavy atom. The van der Waals surface area contributed by atoms with Gasteiger partial charge in [0, 0.05) is 29.7 Å². The number of hydrogen-bond donors (Lipinski definition) is 3. The van der Waals surface area contributed by atoms with Crippen LogP contribution in [0.2, 0.25) is 0 Å². The van der Waals surface area contributed by atoms with E-state index in [-0.39, 0.29) is 47.6 Å². The predicted molar refractivity (Wildman–Crippen MR) is 106 cm³/mol. The molecule has 0 bridgehead atoms. The molecule has 1 atom stereocenters. The molecule has 0 saturated carbocycles. The molecule has 2 heterocycles. The quantitative estimate of drug-likeness (QED) is 0.647. The van der Waals surface area contributed by atoms with Crippen LogP contribution in [0, 0.1) is 0 Å². The van der Waals surface area contributed by atoms with Crippen LogP contribution in [-0.4, -0.2) is 40.0 Å². The molecule has 29 heavy (non-hydrogen) atoms. The maximum absolute atomic E-state index is 12.5. The third-order valence-corrected chi connectivity index (χ3v) is 4.69. The summed E-state index contributed by atoms with van der Waals surface area (Å²) in [7, 11) is 0. The van der Waals surface area contributed by atoms with Crippen molar-refractivity contribution in [2.45, 2.75) is 64.9 Å². The smallest absolute Gasteiger partial charge is 0.320 e. The largest absolute Gasteiger partial charge is 0.507 e. The van der Waals surface area contributed by atoms with Gasteiger partial charge in [-0.1, -0.05) is 0 Å². The first-order valence-electron chi connectivity index (χ1n) is 9.46. The van der Waals surface area contributed by atoms with Gasteiger partial charge in [-0.3, -0.25) is 9.59 Å². The van der Waals surface area contributed by atoms with Gasteiger partial charge in [0.25, 0.3) is 0 Å². The molecule has 0 radical (unpaired) electrons. The number of nitrogens with one attached hydrogen (secondary N) is 1. The number of carbonyl (C=O) groups is 1. The number of fused-ring (bicyclic) bond motifs is 2. The van der Waals surface area contributed by atoms with E-state index in [1.165, 1.54) is 12.1 Å². The van der Waals surface area contributed by atoms with Gasteiger partial charge in [0.15, 0.2) is 5.43 Å². The van der Waals surface area contributed by atoms with Gasteiger partial charge >= 0.3 is 5.97 Å². The van der Waals surface area contributed by atoms with Gasteiger partial charge < -0.3 is 29.4 Å². The van der Waals surface area contributed by atoms with E-state index in [4.69, 9.17) is 13.9 Å². The topological polar surface area (TPSA) is 118 Å². The highest BCUT2D eigenvalue weighted by molar-refractivity contribution is 5.87. The van der Waals surface area contributed by atoms with Crippen molar-refractivity contribution in [1.82, 2.24) is 5.32 Å². The third-order valence-electron chi connectivity index (χ3n) is 4.69. The molecule has 8 nitrogen and oxygen atoms in total. The Labute approximate surface area is 168 Å². The lowest BCUT2D eigenvalue weighted by Crippen LogP contribution is -2.39. The Morgan fingerprint density at radius 2 is 1.97 bits per heavy atom. The maximum Gasteiger partial charge on any atom is 0.320 e. The van der Waals surface area contributed by atoms with Crippen molar-refractivity contribution < 1.29 is 28.9 Å². The SMILES string of the molecule is CC(C)(C)NCC(=O)OCc1cc(=O)c2c(O)c3c(cc2o1)OC(C(C)(C)O)C3. The summed E-state index contributed by atoms with van der Waals surface area (Å²) >= 11 is 0. The van der Waals surface area contributed by atoms with E-state index >= 15 is 0 Å². The van der Waals surface area contributed by atoms with Crippen LogP contribution in [0.3, 0.4) is 0 Å². The van der Waals surface area contributed by atoms with Gasteiger partial charge in [-0.05, 0) is 34.6 Å². The van der Waals surface area contributed by atoms with Crippen molar-refractivity contribution in [3.05, 3.63) is 33.7 Å². The van der Waals surface area contributed by atoms with E-state index < -0.39 is 23.1 Å². The van der Waals surface area contributed by atoms with Crippen molar-refractivity contribution in [2.24, 2.45) is 0 Å². The molecule has 0 fully saturated rings. The summed E-state index contributed by atoms with van der Waals surface area (Å²) in [5.74, 6) is -0.177. The van der Waals surface area contributed by atoms with E-state index in [1.54, 1.807) is 13.8 Å². The average Bonchev–Trinajstić information content (AvgIpc) is 3.02. The molecule has 2 aromatic rings. The second-order valence-corrected chi connectivity index (χ2v) is 8.88. The molecule has 1 aromatic heterocycles. The molecule has 0 aliphatic carbocycles. The predicted octanol–water partition coefficient (Wildman–Crippen LogP) is 2.00. The fourth-order valence-corrected chi connectivity index (χ4v) is 3.06. The highest BCUT2D eigenvalue weighted by Crippen LogP contribution is 2.42. The summed E-state index contributed by atoms with van der Waals surface area (Å²) < 4.78 is 16.6. The lowest BCUT2D eigenvalue weighted by Gasteiger charge is -2.24. The number of carbonyl (C=O) groups excluding carboxylic acids is 1. The van der Waals surface area contributed by atoms with E-state index in [2.05, 4.69) is 5.32 Å². The molecule has 1 aliphatic rings. The Morgan fingerprint density at radius 3 is 2.59 bits per heavy atom. The first-order valence-corrected chi connectivity index (χ1v) is 9.46. The zero-order valence-corrected chi connectivity index (χ0v) is 17.3. The lowest BCUT2D eigenvalue weighted by molar-refractivity contribution is -0.144. The van der Waals surface area contributed by atoms with Crippen LogP contribution >= 0.6 is 0 Å². The van der Waals surface area contributed by atoms with Crippen molar-refractivity contribution >= 4 is 16.9 Å². The Bertz CT molecular complexity index is 995. The zero-order valence-electron chi connectivity index (χ0n) is 17.3. The van der Waals surface area contributed by atoms with Crippen LogP contribution in [0.4, 0.5) is 0 Å². The first-order chi connectivity index (χ1) is 13.3. The monoisotopic (exact) mass is 405 g/mol. The molecule has 1 aliphatic heterocycles. The summed E-state index contributed by atoms with van der Waals surface area (Å²) in [5.41, 5.74) is -1.20. The number of benzene rings is 1. The molecular weight excluding hydrogens is 378 g/mol. The van der Waals surface area contributed by atoms with E-state index in [0.717, 1.165) is 0 Å². The van der Waals surface area contributed by atoms with Crippen LogP contribution in [0.15, 0.2) is 21.3 Å². The van der Waals surface area contributed by atoms with E-state index in [9.17, 15) is 19.8 Å². The fraction of sp³-hybridized carbons (Fsp3) is 0.524. The number of phenols is 1. The molecular formula is C21H27NO7.